The number of hydrogen-bond donors (Lipinski definition) is 2. The van der Waals surface area contributed by atoms with Gasteiger partial charge in [0.2, 0.25) is 10.0 Å². The molecule has 0 bridgehead atoms. The number of aliphatic imine (C=N–C) groups is 1. The van der Waals surface area contributed by atoms with Gasteiger partial charge in [-0.05, 0) is 24.6 Å². The molecule has 146 valence electrons. The van der Waals surface area contributed by atoms with E-state index in [-0.39, 0.29) is 16.8 Å². The summed E-state index contributed by atoms with van der Waals surface area (Å²) in [5.41, 5.74) is 7.69. The zero-order valence-electron chi connectivity index (χ0n) is 15.6. The molecule has 0 spiro atoms. The van der Waals surface area contributed by atoms with Crippen LogP contribution >= 0.6 is 0 Å². The van der Waals surface area contributed by atoms with Gasteiger partial charge in [-0.15, -0.1) is 0 Å². The Morgan fingerprint density at radius 3 is 2.71 bits per heavy atom. The molecule has 28 heavy (non-hydrogen) atoms. The molecule has 1 aromatic carbocycles. The van der Waals surface area contributed by atoms with Gasteiger partial charge < -0.3 is 10.3 Å². The van der Waals surface area contributed by atoms with Gasteiger partial charge in [0, 0.05) is 48.0 Å². The topological polar surface area (TPSA) is 130 Å². The summed E-state index contributed by atoms with van der Waals surface area (Å²) in [7, 11) is -3.45. The molecule has 0 atom stereocenters. The summed E-state index contributed by atoms with van der Waals surface area (Å²) >= 11 is 0. The molecular weight excluding hydrogens is 378 g/mol. The van der Waals surface area contributed by atoms with Crippen molar-refractivity contribution in [1.82, 2.24) is 4.57 Å². The van der Waals surface area contributed by atoms with Crippen LogP contribution in [0.4, 0.5) is 11.4 Å². The Balaban J connectivity index is 2.36. The highest BCUT2D eigenvalue weighted by molar-refractivity contribution is 7.92. The van der Waals surface area contributed by atoms with Crippen molar-refractivity contribution in [3.63, 3.8) is 0 Å². The normalized spacial score (nSPS) is 12.1. The summed E-state index contributed by atoms with van der Waals surface area (Å²) in [6, 6.07) is 9.63. The molecule has 0 saturated heterocycles. The number of nitrogens with zero attached hydrogens (tertiary/aromatic N) is 3. The fourth-order valence-electron chi connectivity index (χ4n) is 2.52. The van der Waals surface area contributed by atoms with Crippen LogP contribution in [0.25, 0.3) is 5.57 Å². The maximum absolute atomic E-state index is 11.8. The van der Waals surface area contributed by atoms with Crippen molar-refractivity contribution in [1.29, 1.82) is 5.26 Å². The van der Waals surface area contributed by atoms with Crippen LogP contribution in [0.1, 0.15) is 24.5 Å². The SMILES string of the molecule is CCCn1cc(N=CC(=CN)c2ccc(NS(C)(=O)=O)cc2C#N)ccc1=O. The van der Waals surface area contributed by atoms with Gasteiger partial charge in [0.15, 0.2) is 0 Å². The smallest absolute Gasteiger partial charge is 0.250 e. The number of nitrogens with two attached hydrogens (primary N) is 1. The van der Waals surface area contributed by atoms with Gasteiger partial charge in [-0.2, -0.15) is 5.26 Å². The first-order valence-electron chi connectivity index (χ1n) is 8.46. The number of rotatable bonds is 7. The summed E-state index contributed by atoms with van der Waals surface area (Å²) in [5.74, 6) is 0. The first-order chi connectivity index (χ1) is 13.3. The van der Waals surface area contributed by atoms with Crippen molar-refractivity contribution < 1.29 is 8.42 Å². The summed E-state index contributed by atoms with van der Waals surface area (Å²) in [5, 5.41) is 9.42. The maximum Gasteiger partial charge on any atom is 0.250 e. The van der Waals surface area contributed by atoms with E-state index >= 15 is 0 Å². The molecule has 1 heterocycles. The van der Waals surface area contributed by atoms with Crippen LogP contribution in [0.2, 0.25) is 0 Å². The second-order valence-corrected chi connectivity index (χ2v) is 7.79. The number of sulfonamides is 1. The summed E-state index contributed by atoms with van der Waals surface area (Å²) in [6.45, 7) is 2.57. The molecule has 0 fully saturated rings. The zero-order valence-corrected chi connectivity index (χ0v) is 16.4. The number of nitrogens with one attached hydrogen (secondary N) is 1. The number of nitriles is 1. The van der Waals surface area contributed by atoms with Gasteiger partial charge in [-0.25, -0.2) is 8.42 Å². The molecule has 0 aliphatic rings. The van der Waals surface area contributed by atoms with Crippen molar-refractivity contribution in [2.24, 2.45) is 10.7 Å². The van der Waals surface area contributed by atoms with Crippen LogP contribution in [0.3, 0.4) is 0 Å². The Kier molecular flexibility index (Phi) is 6.74. The van der Waals surface area contributed by atoms with Gasteiger partial charge in [0.1, 0.15) is 0 Å². The Morgan fingerprint density at radius 2 is 2.11 bits per heavy atom. The van der Waals surface area contributed by atoms with Crippen LogP contribution in [0.5, 0.6) is 0 Å². The zero-order chi connectivity index (χ0) is 20.7. The second-order valence-electron chi connectivity index (χ2n) is 6.05. The van der Waals surface area contributed by atoms with Gasteiger partial charge in [0.05, 0.1) is 23.6 Å². The summed E-state index contributed by atoms with van der Waals surface area (Å²) in [6.07, 6.45) is 6.31. The molecule has 0 amide bonds. The van der Waals surface area contributed by atoms with E-state index in [2.05, 4.69) is 9.71 Å². The van der Waals surface area contributed by atoms with E-state index in [1.54, 1.807) is 22.9 Å². The van der Waals surface area contributed by atoms with Crippen molar-refractivity contribution in [3.8, 4) is 6.07 Å². The molecule has 0 saturated carbocycles. The lowest BCUT2D eigenvalue weighted by Gasteiger charge is -2.09. The van der Waals surface area contributed by atoms with Crippen LogP contribution in [0, 0.1) is 11.3 Å². The van der Waals surface area contributed by atoms with Crippen LogP contribution in [0.15, 0.2) is 52.5 Å². The largest absolute Gasteiger partial charge is 0.404 e. The van der Waals surface area contributed by atoms with E-state index in [1.165, 1.54) is 30.6 Å². The molecule has 2 rings (SSSR count). The maximum atomic E-state index is 11.8. The van der Waals surface area contributed by atoms with Gasteiger partial charge >= 0.3 is 0 Å². The van der Waals surface area contributed by atoms with Gasteiger partial charge in [-0.1, -0.05) is 13.0 Å². The molecule has 0 aliphatic heterocycles. The first kappa shape index (κ1) is 20.9. The average molecular weight is 399 g/mol. The quantitative estimate of drug-likeness (QED) is 0.689. The molecule has 0 unspecified atom stereocenters. The van der Waals surface area contributed by atoms with Crippen molar-refractivity contribution in [2.75, 3.05) is 11.0 Å². The monoisotopic (exact) mass is 399 g/mol. The molecule has 0 radical (unpaired) electrons. The highest BCUT2D eigenvalue weighted by Gasteiger charge is 2.10. The number of pyridine rings is 1. The standard InChI is InChI=1S/C19H21N5O3S/c1-3-8-24-13-17(5-7-19(24)25)22-12-15(11-21)18-6-4-16(9-14(18)10-20)23-28(2,26)27/h4-7,9,11-13,23H,3,8,21H2,1-2H3. The fourth-order valence-corrected chi connectivity index (χ4v) is 3.08. The second kappa shape index (κ2) is 9.01. The number of aromatic nitrogens is 1. The number of hydrogen-bond acceptors (Lipinski definition) is 6. The third kappa shape index (κ3) is 5.56. The van der Waals surface area contributed by atoms with E-state index in [0.717, 1.165) is 12.7 Å². The van der Waals surface area contributed by atoms with E-state index in [0.29, 0.717) is 23.4 Å². The Hall–Kier alpha value is -3.38. The third-order valence-corrected chi connectivity index (χ3v) is 4.33. The minimum atomic E-state index is -3.45. The Bertz CT molecular complexity index is 1120. The Morgan fingerprint density at radius 1 is 1.36 bits per heavy atom. The van der Waals surface area contributed by atoms with Gasteiger partial charge in [-0.3, -0.25) is 14.5 Å². The number of allylic oxidation sites excluding steroid dienone is 1. The van der Waals surface area contributed by atoms with Crippen molar-refractivity contribution in [3.05, 3.63) is 64.2 Å². The molecule has 9 heteroatoms. The lowest BCUT2D eigenvalue weighted by Crippen LogP contribution is -2.17. The molecular formula is C19H21N5O3S. The predicted octanol–water partition coefficient (Wildman–Crippen LogP) is 2.20. The van der Waals surface area contributed by atoms with Crippen LogP contribution < -0.4 is 16.0 Å². The van der Waals surface area contributed by atoms with Crippen LogP contribution in [-0.4, -0.2) is 25.5 Å². The summed E-state index contributed by atoms with van der Waals surface area (Å²) in [4.78, 5) is 16.1. The fraction of sp³-hybridized carbons (Fsp3) is 0.211. The molecule has 8 nitrogen and oxygen atoms in total. The third-order valence-electron chi connectivity index (χ3n) is 3.72. The first-order valence-corrected chi connectivity index (χ1v) is 10.3. The van der Waals surface area contributed by atoms with Crippen LogP contribution in [-0.2, 0) is 16.6 Å². The van der Waals surface area contributed by atoms with Crippen molar-refractivity contribution in [2.45, 2.75) is 19.9 Å². The molecule has 1 aromatic heterocycles. The molecule has 0 aliphatic carbocycles. The molecule has 2 aromatic rings. The lowest BCUT2D eigenvalue weighted by molar-refractivity contribution is 0.607. The minimum absolute atomic E-state index is 0.101. The van der Waals surface area contributed by atoms with E-state index in [1.807, 2.05) is 13.0 Å². The van der Waals surface area contributed by atoms with Gasteiger partial charge in [0.25, 0.3) is 5.56 Å². The highest BCUT2D eigenvalue weighted by atomic mass is 32.2. The summed E-state index contributed by atoms with van der Waals surface area (Å²) < 4.78 is 26.6. The van der Waals surface area contributed by atoms with E-state index < -0.39 is 10.0 Å². The lowest BCUT2D eigenvalue weighted by atomic mass is 10.0. The van der Waals surface area contributed by atoms with E-state index in [9.17, 15) is 18.5 Å². The number of anilines is 1. The highest BCUT2D eigenvalue weighted by Crippen LogP contribution is 2.22. The molecule has 3 N–H and O–H groups in total. The van der Waals surface area contributed by atoms with Crippen molar-refractivity contribution >= 4 is 33.2 Å². The van der Waals surface area contributed by atoms with E-state index in [4.69, 9.17) is 5.73 Å². The predicted molar refractivity (Wildman–Crippen MR) is 111 cm³/mol. The minimum Gasteiger partial charge on any atom is -0.404 e. The Labute approximate surface area is 163 Å². The number of aryl methyl sites for hydroxylation is 1. The number of benzene rings is 1. The average Bonchev–Trinajstić information content (AvgIpc) is 2.64.